The van der Waals surface area contributed by atoms with Gasteiger partial charge in [0, 0.05) is 26.1 Å². The minimum atomic E-state index is 0.411. The van der Waals surface area contributed by atoms with E-state index in [-0.39, 0.29) is 0 Å². The summed E-state index contributed by atoms with van der Waals surface area (Å²) in [5, 5.41) is 7.22. The van der Waals surface area contributed by atoms with E-state index in [2.05, 4.69) is 34.1 Å². The van der Waals surface area contributed by atoms with Gasteiger partial charge in [0.25, 0.3) is 0 Å². The van der Waals surface area contributed by atoms with Gasteiger partial charge in [0.05, 0.1) is 6.61 Å². The molecule has 0 radical (unpaired) electrons. The van der Waals surface area contributed by atoms with Crippen LogP contribution < -0.4 is 11.1 Å². The molecule has 1 aromatic rings. The first-order valence-corrected chi connectivity index (χ1v) is 6.23. The molecule has 1 unspecified atom stereocenters. The number of rotatable bonds is 6. The van der Waals surface area contributed by atoms with Gasteiger partial charge < -0.3 is 15.8 Å². The molecule has 1 heterocycles. The van der Waals surface area contributed by atoms with Gasteiger partial charge in [-0.05, 0) is 22.4 Å². The molecule has 1 rings (SSSR count). The third-order valence-corrected chi connectivity index (χ3v) is 2.96. The number of aliphatic imine (C=N–C) groups is 1. The summed E-state index contributed by atoms with van der Waals surface area (Å²) < 4.78 is 4.91. The second-order valence-electron chi connectivity index (χ2n) is 3.60. The van der Waals surface area contributed by atoms with Crippen LogP contribution >= 0.6 is 11.3 Å². The predicted octanol–water partition coefficient (Wildman–Crippen LogP) is 1.40. The molecule has 0 aliphatic rings. The lowest BCUT2D eigenvalue weighted by molar-refractivity contribution is 0.204. The third kappa shape index (κ3) is 4.63. The van der Waals surface area contributed by atoms with E-state index >= 15 is 0 Å². The van der Waals surface area contributed by atoms with E-state index < -0.39 is 0 Å². The predicted molar refractivity (Wildman–Crippen MR) is 69.1 cm³/mol. The van der Waals surface area contributed by atoms with Crippen LogP contribution in [0, 0.1) is 0 Å². The van der Waals surface area contributed by atoms with Gasteiger partial charge in [0.15, 0.2) is 5.96 Å². The van der Waals surface area contributed by atoms with E-state index in [0.29, 0.717) is 31.6 Å². The zero-order valence-corrected chi connectivity index (χ0v) is 10.6. The van der Waals surface area contributed by atoms with Crippen LogP contribution in [0.4, 0.5) is 0 Å². The van der Waals surface area contributed by atoms with Gasteiger partial charge in [-0.25, -0.2) is 0 Å². The minimum absolute atomic E-state index is 0.411. The first kappa shape index (κ1) is 13.0. The second-order valence-corrected chi connectivity index (χ2v) is 4.38. The number of methoxy groups -OCH3 is 1. The quantitative estimate of drug-likeness (QED) is 0.450. The Morgan fingerprint density at radius 2 is 2.50 bits per heavy atom. The summed E-state index contributed by atoms with van der Waals surface area (Å²) in [6.45, 7) is 4.19. The molecule has 4 nitrogen and oxygen atoms in total. The van der Waals surface area contributed by atoms with Crippen molar-refractivity contribution in [3.63, 3.8) is 0 Å². The Bertz CT molecular complexity index is 311. The molecule has 0 amide bonds. The van der Waals surface area contributed by atoms with Gasteiger partial charge in [-0.2, -0.15) is 11.3 Å². The molecule has 0 aliphatic carbocycles. The molecule has 90 valence electrons. The summed E-state index contributed by atoms with van der Waals surface area (Å²) in [5.74, 6) is 0.896. The van der Waals surface area contributed by atoms with E-state index in [9.17, 15) is 0 Å². The molecule has 0 bridgehead atoms. The highest BCUT2D eigenvalue weighted by molar-refractivity contribution is 7.07. The maximum absolute atomic E-state index is 5.70. The van der Waals surface area contributed by atoms with Crippen molar-refractivity contribution in [3.05, 3.63) is 22.4 Å². The zero-order valence-electron chi connectivity index (χ0n) is 9.77. The summed E-state index contributed by atoms with van der Waals surface area (Å²) >= 11 is 1.71. The van der Waals surface area contributed by atoms with Crippen LogP contribution in [-0.2, 0) is 4.74 Å². The number of thiophene rings is 1. The van der Waals surface area contributed by atoms with Crippen molar-refractivity contribution >= 4 is 17.3 Å². The summed E-state index contributed by atoms with van der Waals surface area (Å²) in [6, 6.07) is 2.12. The Balaban J connectivity index is 2.29. The first-order chi connectivity index (χ1) is 7.74. The van der Waals surface area contributed by atoms with Crippen LogP contribution in [-0.4, -0.2) is 32.8 Å². The summed E-state index contributed by atoms with van der Waals surface area (Å²) in [5.41, 5.74) is 7.02. The second kappa shape index (κ2) is 7.24. The third-order valence-electron chi connectivity index (χ3n) is 2.26. The van der Waals surface area contributed by atoms with Crippen LogP contribution in [0.1, 0.15) is 18.4 Å². The molecule has 0 aliphatic heterocycles. The average molecular weight is 241 g/mol. The summed E-state index contributed by atoms with van der Waals surface area (Å²) in [4.78, 5) is 4.28. The van der Waals surface area contributed by atoms with Gasteiger partial charge in [-0.3, -0.25) is 4.99 Å². The number of hydrogen-bond acceptors (Lipinski definition) is 3. The van der Waals surface area contributed by atoms with Crippen LogP contribution in [0.2, 0.25) is 0 Å². The molecule has 0 spiro atoms. The van der Waals surface area contributed by atoms with Crippen molar-refractivity contribution in [2.24, 2.45) is 10.7 Å². The van der Waals surface area contributed by atoms with Crippen molar-refractivity contribution in [2.75, 3.05) is 26.8 Å². The Morgan fingerprint density at radius 3 is 3.12 bits per heavy atom. The van der Waals surface area contributed by atoms with Crippen LogP contribution in [0.5, 0.6) is 0 Å². The molecule has 0 fully saturated rings. The minimum Gasteiger partial charge on any atom is -0.383 e. The standard InChI is InChI=1S/C11H19N3OS/c1-9(10-3-6-16-8-10)7-14-11(12)13-4-5-15-2/h3,6,8-9H,4-5,7H2,1-2H3,(H3,12,13,14). The van der Waals surface area contributed by atoms with Crippen LogP contribution in [0.25, 0.3) is 0 Å². The molecule has 16 heavy (non-hydrogen) atoms. The van der Waals surface area contributed by atoms with Gasteiger partial charge in [0.2, 0.25) is 0 Å². The molecule has 5 heteroatoms. The van der Waals surface area contributed by atoms with Crippen molar-refractivity contribution in [1.29, 1.82) is 0 Å². The lowest BCUT2D eigenvalue weighted by atomic mass is 10.1. The van der Waals surface area contributed by atoms with Crippen molar-refractivity contribution < 1.29 is 4.74 Å². The number of nitrogens with zero attached hydrogens (tertiary/aromatic N) is 1. The molecular weight excluding hydrogens is 222 g/mol. The topological polar surface area (TPSA) is 59.6 Å². The lowest BCUT2D eigenvalue weighted by Gasteiger charge is -2.08. The summed E-state index contributed by atoms with van der Waals surface area (Å²) in [6.07, 6.45) is 0. The highest BCUT2D eigenvalue weighted by atomic mass is 32.1. The fourth-order valence-electron chi connectivity index (χ4n) is 1.23. The van der Waals surface area contributed by atoms with Crippen molar-refractivity contribution in [2.45, 2.75) is 12.8 Å². The van der Waals surface area contributed by atoms with Crippen LogP contribution in [0.15, 0.2) is 21.8 Å². The van der Waals surface area contributed by atoms with E-state index in [1.807, 2.05) is 0 Å². The van der Waals surface area contributed by atoms with Gasteiger partial charge in [-0.1, -0.05) is 6.92 Å². The maximum Gasteiger partial charge on any atom is 0.188 e. The van der Waals surface area contributed by atoms with E-state index in [0.717, 1.165) is 0 Å². The highest BCUT2D eigenvalue weighted by Gasteiger charge is 2.04. The molecular formula is C11H19N3OS. The smallest absolute Gasteiger partial charge is 0.188 e. The maximum atomic E-state index is 5.70. The molecule has 3 N–H and O–H groups in total. The monoisotopic (exact) mass is 241 g/mol. The van der Waals surface area contributed by atoms with Gasteiger partial charge in [0.1, 0.15) is 0 Å². The Kier molecular flexibility index (Phi) is 5.88. The van der Waals surface area contributed by atoms with E-state index in [1.54, 1.807) is 18.4 Å². The number of nitrogens with two attached hydrogens (primary N) is 1. The Morgan fingerprint density at radius 1 is 1.69 bits per heavy atom. The molecule has 1 atom stereocenters. The van der Waals surface area contributed by atoms with Crippen molar-refractivity contribution in [3.8, 4) is 0 Å². The van der Waals surface area contributed by atoms with E-state index in [1.165, 1.54) is 5.56 Å². The summed E-state index contributed by atoms with van der Waals surface area (Å²) in [7, 11) is 1.66. The van der Waals surface area contributed by atoms with Crippen LogP contribution in [0.3, 0.4) is 0 Å². The highest BCUT2D eigenvalue weighted by Crippen LogP contribution is 2.17. The number of ether oxygens (including phenoxy) is 1. The average Bonchev–Trinajstić information content (AvgIpc) is 2.79. The largest absolute Gasteiger partial charge is 0.383 e. The van der Waals surface area contributed by atoms with Gasteiger partial charge in [-0.15, -0.1) is 0 Å². The fourth-order valence-corrected chi connectivity index (χ4v) is 2.02. The Hall–Kier alpha value is -1.07. The van der Waals surface area contributed by atoms with E-state index in [4.69, 9.17) is 10.5 Å². The Labute approximate surface area is 101 Å². The fraction of sp³-hybridized carbons (Fsp3) is 0.545. The number of nitrogens with one attached hydrogen (secondary N) is 1. The molecule has 0 saturated heterocycles. The zero-order chi connectivity index (χ0) is 11.8. The van der Waals surface area contributed by atoms with Gasteiger partial charge >= 0.3 is 0 Å². The first-order valence-electron chi connectivity index (χ1n) is 5.29. The SMILES string of the molecule is COCCNC(N)=NCC(C)c1ccsc1. The van der Waals surface area contributed by atoms with Crippen molar-refractivity contribution in [1.82, 2.24) is 5.32 Å². The number of guanidine groups is 1. The number of hydrogen-bond donors (Lipinski definition) is 2. The lowest BCUT2D eigenvalue weighted by Crippen LogP contribution is -2.34. The normalized spacial score (nSPS) is 13.8. The molecule has 0 aromatic carbocycles. The molecule has 0 saturated carbocycles. The molecule has 1 aromatic heterocycles.